The van der Waals surface area contributed by atoms with Gasteiger partial charge in [0.2, 0.25) is 5.91 Å². The number of amides is 1. The van der Waals surface area contributed by atoms with E-state index in [-0.39, 0.29) is 30.0 Å². The molecule has 114 valence electrons. The summed E-state index contributed by atoms with van der Waals surface area (Å²) < 4.78 is 5.33. The van der Waals surface area contributed by atoms with Crippen LogP contribution in [0.15, 0.2) is 18.3 Å². The first-order chi connectivity index (χ1) is 10.1. The van der Waals surface area contributed by atoms with Gasteiger partial charge in [0.1, 0.15) is 0 Å². The summed E-state index contributed by atoms with van der Waals surface area (Å²) in [6.07, 6.45) is 1.42. The number of aromatic carboxylic acids is 1. The first-order valence-electron chi connectivity index (χ1n) is 6.89. The van der Waals surface area contributed by atoms with E-state index in [1.165, 1.54) is 18.3 Å². The number of ether oxygens (including phenoxy) is 1. The van der Waals surface area contributed by atoms with Crippen molar-refractivity contribution >= 4 is 11.9 Å². The Balaban J connectivity index is 1.91. The highest BCUT2D eigenvalue weighted by molar-refractivity contribution is 5.87. The predicted octanol–water partition coefficient (Wildman–Crippen LogP) is 0.0205. The highest BCUT2D eigenvalue weighted by Crippen LogP contribution is 2.14. The third-order valence-electron chi connectivity index (χ3n) is 3.39. The summed E-state index contributed by atoms with van der Waals surface area (Å²) in [5.74, 6) is -1.35. The molecule has 0 aromatic carbocycles. The van der Waals surface area contributed by atoms with Gasteiger partial charge in [-0.2, -0.15) is 0 Å². The lowest BCUT2D eigenvalue weighted by molar-refractivity contribution is -0.125. The van der Waals surface area contributed by atoms with Gasteiger partial charge < -0.3 is 20.5 Å². The van der Waals surface area contributed by atoms with E-state index in [0.29, 0.717) is 18.9 Å². The maximum absolute atomic E-state index is 12.1. The van der Waals surface area contributed by atoms with Crippen molar-refractivity contribution in [1.82, 2.24) is 15.6 Å². The van der Waals surface area contributed by atoms with Crippen molar-refractivity contribution < 1.29 is 19.4 Å². The predicted molar refractivity (Wildman–Crippen MR) is 74.8 cm³/mol. The van der Waals surface area contributed by atoms with Gasteiger partial charge in [-0.1, -0.05) is 6.92 Å². The smallest absolute Gasteiger partial charge is 0.335 e. The number of rotatable bonds is 6. The standard InChI is InChI=1S/C14H19N3O4/c1-2-15-12-8-21-7-11(12)13(18)17-6-10-5-9(14(19)20)3-4-16-10/h3-5,11-12,15H,2,6-8H2,1H3,(H,17,18)(H,19,20). The zero-order chi connectivity index (χ0) is 15.2. The molecule has 1 aromatic rings. The Morgan fingerprint density at radius 3 is 3.00 bits per heavy atom. The van der Waals surface area contributed by atoms with Gasteiger partial charge in [-0.25, -0.2) is 4.79 Å². The molecule has 1 amide bonds. The fourth-order valence-corrected chi connectivity index (χ4v) is 2.29. The molecule has 0 radical (unpaired) electrons. The molecule has 1 saturated heterocycles. The summed E-state index contributed by atoms with van der Waals surface area (Å²) in [7, 11) is 0. The van der Waals surface area contributed by atoms with Gasteiger partial charge in [0.15, 0.2) is 0 Å². The second kappa shape index (κ2) is 7.14. The molecule has 2 unspecified atom stereocenters. The molecule has 21 heavy (non-hydrogen) atoms. The number of carboxylic acid groups (broad SMARTS) is 1. The van der Waals surface area contributed by atoms with Gasteiger partial charge in [-0.05, 0) is 18.7 Å². The zero-order valence-electron chi connectivity index (χ0n) is 11.8. The number of carbonyl (C=O) groups is 2. The topological polar surface area (TPSA) is 101 Å². The van der Waals surface area contributed by atoms with Crippen LogP contribution in [0, 0.1) is 5.92 Å². The molecule has 1 fully saturated rings. The summed E-state index contributed by atoms with van der Waals surface area (Å²) in [5, 5.41) is 14.9. The maximum atomic E-state index is 12.1. The van der Waals surface area contributed by atoms with Crippen molar-refractivity contribution in [3.63, 3.8) is 0 Å². The first kappa shape index (κ1) is 15.4. The van der Waals surface area contributed by atoms with Crippen LogP contribution in [-0.4, -0.2) is 47.8 Å². The minimum Gasteiger partial charge on any atom is -0.478 e. The molecular weight excluding hydrogens is 274 g/mol. The lowest BCUT2D eigenvalue weighted by Gasteiger charge is -2.17. The summed E-state index contributed by atoms with van der Waals surface area (Å²) in [4.78, 5) is 27.1. The van der Waals surface area contributed by atoms with Crippen molar-refractivity contribution in [2.75, 3.05) is 19.8 Å². The normalized spacial score (nSPS) is 21.2. The maximum Gasteiger partial charge on any atom is 0.335 e. The van der Waals surface area contributed by atoms with Crippen molar-refractivity contribution in [3.8, 4) is 0 Å². The molecule has 0 aliphatic carbocycles. The molecule has 7 nitrogen and oxygen atoms in total. The van der Waals surface area contributed by atoms with Gasteiger partial charge in [0.25, 0.3) is 0 Å². The number of hydrogen-bond acceptors (Lipinski definition) is 5. The van der Waals surface area contributed by atoms with Gasteiger partial charge in [0.05, 0.1) is 36.9 Å². The van der Waals surface area contributed by atoms with E-state index in [2.05, 4.69) is 15.6 Å². The van der Waals surface area contributed by atoms with Gasteiger partial charge in [-0.15, -0.1) is 0 Å². The molecule has 7 heteroatoms. The van der Waals surface area contributed by atoms with Gasteiger partial charge >= 0.3 is 5.97 Å². The Bertz CT molecular complexity index is 521. The Kier molecular flexibility index (Phi) is 5.24. The molecule has 0 bridgehead atoms. The molecule has 1 aliphatic heterocycles. The Morgan fingerprint density at radius 1 is 1.48 bits per heavy atom. The first-order valence-corrected chi connectivity index (χ1v) is 6.89. The lowest BCUT2D eigenvalue weighted by Crippen LogP contribution is -2.43. The van der Waals surface area contributed by atoms with Gasteiger partial charge in [-0.3, -0.25) is 9.78 Å². The van der Waals surface area contributed by atoms with E-state index < -0.39 is 5.97 Å². The zero-order valence-corrected chi connectivity index (χ0v) is 11.8. The van der Waals surface area contributed by atoms with Gasteiger partial charge in [0, 0.05) is 12.2 Å². The highest BCUT2D eigenvalue weighted by atomic mass is 16.5. The van der Waals surface area contributed by atoms with Crippen LogP contribution in [0.25, 0.3) is 0 Å². The van der Waals surface area contributed by atoms with E-state index in [9.17, 15) is 9.59 Å². The largest absolute Gasteiger partial charge is 0.478 e. The number of aromatic nitrogens is 1. The number of nitrogens with one attached hydrogen (secondary N) is 2. The fraction of sp³-hybridized carbons (Fsp3) is 0.500. The number of carbonyl (C=O) groups excluding carboxylic acids is 1. The SMILES string of the molecule is CCNC1COCC1C(=O)NCc1cc(C(=O)O)ccn1. The average Bonchev–Trinajstić information content (AvgIpc) is 2.94. The fourth-order valence-electron chi connectivity index (χ4n) is 2.29. The molecule has 3 N–H and O–H groups in total. The second-order valence-corrected chi connectivity index (χ2v) is 4.87. The van der Waals surface area contributed by atoms with Crippen molar-refractivity contribution in [2.45, 2.75) is 19.5 Å². The molecule has 0 spiro atoms. The summed E-state index contributed by atoms with van der Waals surface area (Å²) in [5.41, 5.74) is 0.672. The molecule has 0 saturated carbocycles. The quantitative estimate of drug-likeness (QED) is 0.683. The molecular formula is C14H19N3O4. The number of pyridine rings is 1. The van der Waals surface area contributed by atoms with Crippen molar-refractivity contribution in [1.29, 1.82) is 0 Å². The molecule has 2 atom stereocenters. The second-order valence-electron chi connectivity index (χ2n) is 4.87. The number of hydrogen-bond donors (Lipinski definition) is 3. The number of likely N-dealkylation sites (N-methyl/N-ethyl adjacent to an activating group) is 1. The van der Waals surface area contributed by atoms with E-state index in [4.69, 9.17) is 9.84 Å². The van der Waals surface area contributed by atoms with E-state index in [0.717, 1.165) is 6.54 Å². The van der Waals surface area contributed by atoms with Crippen LogP contribution < -0.4 is 10.6 Å². The van der Waals surface area contributed by atoms with Crippen LogP contribution in [0.1, 0.15) is 23.0 Å². The Morgan fingerprint density at radius 2 is 2.29 bits per heavy atom. The molecule has 2 rings (SSSR count). The average molecular weight is 293 g/mol. The van der Waals surface area contributed by atoms with Crippen LogP contribution in [0.2, 0.25) is 0 Å². The molecule has 1 aromatic heterocycles. The minimum absolute atomic E-state index is 0.0216. The van der Waals surface area contributed by atoms with Crippen LogP contribution >= 0.6 is 0 Å². The van der Waals surface area contributed by atoms with Crippen molar-refractivity contribution in [3.05, 3.63) is 29.6 Å². The summed E-state index contributed by atoms with van der Waals surface area (Å²) >= 11 is 0. The highest BCUT2D eigenvalue weighted by Gasteiger charge is 2.33. The van der Waals surface area contributed by atoms with E-state index in [1.54, 1.807) is 0 Å². The van der Waals surface area contributed by atoms with Crippen LogP contribution in [0.5, 0.6) is 0 Å². The summed E-state index contributed by atoms with van der Waals surface area (Å²) in [6, 6.07) is 2.89. The molecule has 1 aliphatic rings. The minimum atomic E-state index is -1.01. The summed E-state index contributed by atoms with van der Waals surface area (Å²) in [6.45, 7) is 3.88. The Hall–Kier alpha value is -1.99. The Labute approximate surface area is 122 Å². The lowest BCUT2D eigenvalue weighted by atomic mass is 10.0. The monoisotopic (exact) mass is 293 g/mol. The number of nitrogens with zero attached hydrogens (tertiary/aromatic N) is 1. The van der Waals surface area contributed by atoms with Crippen molar-refractivity contribution in [2.24, 2.45) is 5.92 Å². The van der Waals surface area contributed by atoms with E-state index in [1.807, 2.05) is 6.92 Å². The number of carboxylic acids is 1. The van der Waals surface area contributed by atoms with Crippen LogP contribution in [-0.2, 0) is 16.1 Å². The third kappa shape index (κ3) is 3.99. The third-order valence-corrected chi connectivity index (χ3v) is 3.39. The van der Waals surface area contributed by atoms with Crippen LogP contribution in [0.4, 0.5) is 0 Å². The van der Waals surface area contributed by atoms with E-state index >= 15 is 0 Å². The molecule has 2 heterocycles. The van der Waals surface area contributed by atoms with Crippen LogP contribution in [0.3, 0.4) is 0 Å².